The summed E-state index contributed by atoms with van der Waals surface area (Å²) >= 11 is 6.22. The summed E-state index contributed by atoms with van der Waals surface area (Å²) in [5, 5.41) is 23.6. The molecule has 3 amide bonds. The summed E-state index contributed by atoms with van der Waals surface area (Å²) in [6.45, 7) is 11.9. The summed E-state index contributed by atoms with van der Waals surface area (Å²) in [6, 6.07) is 14.9. The fourth-order valence-corrected chi connectivity index (χ4v) is 8.39. The number of carbonyl (C=O) groups is 3. The average Bonchev–Trinajstić information content (AvgIpc) is 3.16. The molecule has 4 aromatic rings. The topological polar surface area (TPSA) is 175 Å². The van der Waals surface area contributed by atoms with Gasteiger partial charge < -0.3 is 15.0 Å². The van der Waals surface area contributed by atoms with E-state index in [0.717, 1.165) is 36.5 Å². The van der Waals surface area contributed by atoms with Crippen molar-refractivity contribution in [2.75, 3.05) is 37.6 Å². The Kier molecular flexibility index (Phi) is 10.1. The Bertz CT molecular complexity index is 2330. The minimum Gasteiger partial charge on any atom is -0.489 e. The highest BCUT2D eigenvalue weighted by molar-refractivity contribution is 6.31. The second kappa shape index (κ2) is 14.8. The Morgan fingerprint density at radius 1 is 1.04 bits per heavy atom. The molecule has 3 aliphatic rings. The second-order valence-corrected chi connectivity index (χ2v) is 15.7. The lowest BCUT2D eigenvalue weighted by atomic mass is 9.49. The van der Waals surface area contributed by atoms with Gasteiger partial charge in [-0.05, 0) is 54.8 Å². The Balaban J connectivity index is 0.900. The quantitative estimate of drug-likeness (QED) is 0.208. The largest absolute Gasteiger partial charge is 0.489 e. The predicted molar refractivity (Wildman–Crippen MR) is 204 cm³/mol. The number of carbonyl (C=O) groups excluding carboxylic acids is 3. The molecule has 7 rings (SSSR count). The molecule has 2 aromatic carbocycles. The minimum atomic E-state index is -0.863. The van der Waals surface area contributed by atoms with Crippen LogP contribution in [0.4, 0.5) is 5.69 Å². The van der Waals surface area contributed by atoms with Gasteiger partial charge in [-0.25, -0.2) is 4.98 Å². The van der Waals surface area contributed by atoms with E-state index in [-0.39, 0.29) is 47.6 Å². The van der Waals surface area contributed by atoms with Crippen LogP contribution in [0.2, 0.25) is 5.02 Å². The number of piperidine rings is 1. The van der Waals surface area contributed by atoms with Crippen molar-refractivity contribution in [2.45, 2.75) is 58.7 Å². The molecule has 15 heteroatoms. The molecule has 1 unspecified atom stereocenters. The van der Waals surface area contributed by atoms with Crippen LogP contribution in [-0.4, -0.2) is 87.5 Å². The third kappa shape index (κ3) is 7.35. The van der Waals surface area contributed by atoms with Gasteiger partial charge in [0.2, 0.25) is 5.91 Å². The minimum absolute atomic E-state index is 0.140. The van der Waals surface area contributed by atoms with Crippen molar-refractivity contribution in [3.05, 3.63) is 86.9 Å². The average molecular weight is 762 g/mol. The van der Waals surface area contributed by atoms with E-state index < -0.39 is 17.5 Å². The lowest BCUT2D eigenvalue weighted by molar-refractivity contribution is -0.164. The molecule has 4 heterocycles. The van der Waals surface area contributed by atoms with E-state index in [2.05, 4.69) is 81.3 Å². The molecule has 2 N–H and O–H groups in total. The zero-order chi connectivity index (χ0) is 39.1. The van der Waals surface area contributed by atoms with E-state index in [9.17, 15) is 24.4 Å². The van der Waals surface area contributed by atoms with Gasteiger partial charge in [0.05, 0.1) is 28.1 Å². The maximum Gasteiger partial charge on any atom is 0.278 e. The molecular formula is C40H40ClN9O5. The van der Waals surface area contributed by atoms with E-state index in [0.29, 0.717) is 45.0 Å². The molecule has 282 valence electrons. The number of imide groups is 1. The van der Waals surface area contributed by atoms with Crippen molar-refractivity contribution in [3.63, 3.8) is 0 Å². The first kappa shape index (κ1) is 37.5. The lowest BCUT2D eigenvalue weighted by Gasteiger charge is -2.63. The fraction of sp³-hybridized carbons (Fsp3) is 0.400. The SMILES string of the molecule is CC1(C)C(NC(=O)c2ccc(C#CCN3CCN(c4ccc5c(=O)n(C6CCC(=O)NC6=O)nnc5c4)CC3)nc2)C(C)(C)C1Oc1ccc(C#N)c(Cl)c1. The fourth-order valence-electron chi connectivity index (χ4n) is 8.18. The number of nitrogens with one attached hydrogen (secondary N) is 2. The molecular weight excluding hydrogens is 722 g/mol. The van der Waals surface area contributed by atoms with Crippen LogP contribution in [0.15, 0.2) is 59.5 Å². The zero-order valence-electron chi connectivity index (χ0n) is 30.9. The van der Waals surface area contributed by atoms with Gasteiger partial charge >= 0.3 is 0 Å². The molecule has 2 saturated heterocycles. The van der Waals surface area contributed by atoms with E-state index in [1.165, 1.54) is 0 Å². The normalized spacial score (nSPS) is 21.7. The van der Waals surface area contributed by atoms with Crippen molar-refractivity contribution >= 4 is 45.9 Å². The monoisotopic (exact) mass is 761 g/mol. The zero-order valence-corrected chi connectivity index (χ0v) is 31.7. The van der Waals surface area contributed by atoms with Crippen molar-refractivity contribution in [2.24, 2.45) is 10.8 Å². The Morgan fingerprint density at radius 2 is 1.80 bits per heavy atom. The highest BCUT2D eigenvalue weighted by atomic mass is 35.5. The number of piperazine rings is 1. The summed E-state index contributed by atoms with van der Waals surface area (Å²) in [7, 11) is 0. The van der Waals surface area contributed by atoms with Crippen LogP contribution in [0.5, 0.6) is 5.75 Å². The number of pyridine rings is 1. The van der Waals surface area contributed by atoms with Crippen LogP contribution in [-0.2, 0) is 9.59 Å². The maximum atomic E-state index is 13.3. The highest BCUT2D eigenvalue weighted by Crippen LogP contribution is 2.55. The predicted octanol–water partition coefficient (Wildman–Crippen LogP) is 3.47. The standard InChI is InChI=1S/C40H40ClN9O5/c1-39(2)37(40(3,4)38(39)55-28-11-8-24(22-42)30(41)21-28)45-34(52)25-7-9-26(43-23-25)6-5-15-48-16-18-49(19-17-48)27-10-12-29-31(20-27)46-47-50(36(29)54)32-13-14-33(51)44-35(32)53/h7-12,20-21,23,32,37-38H,13-19H2,1-4H3,(H,45,52)(H,44,51,53). The molecule has 1 aliphatic carbocycles. The van der Waals surface area contributed by atoms with Crippen LogP contribution in [0.1, 0.15) is 68.2 Å². The van der Waals surface area contributed by atoms with Gasteiger partial charge in [-0.2, -0.15) is 9.94 Å². The summed E-state index contributed by atoms with van der Waals surface area (Å²) in [6.07, 6.45) is 1.68. The molecule has 2 aliphatic heterocycles. The Hall–Kier alpha value is -5.83. The summed E-state index contributed by atoms with van der Waals surface area (Å²) in [4.78, 5) is 59.1. The van der Waals surface area contributed by atoms with Crippen LogP contribution < -0.4 is 25.8 Å². The number of hydrogen-bond donors (Lipinski definition) is 2. The number of fused-ring (bicyclic) bond motifs is 1. The summed E-state index contributed by atoms with van der Waals surface area (Å²) in [5.41, 5.74) is 1.56. The molecule has 55 heavy (non-hydrogen) atoms. The Morgan fingerprint density at radius 3 is 2.47 bits per heavy atom. The smallest absolute Gasteiger partial charge is 0.278 e. The molecule has 0 radical (unpaired) electrons. The third-order valence-electron chi connectivity index (χ3n) is 10.9. The number of rotatable bonds is 7. The molecule has 3 fully saturated rings. The van der Waals surface area contributed by atoms with Crippen molar-refractivity contribution < 1.29 is 19.1 Å². The van der Waals surface area contributed by atoms with Crippen LogP contribution in [0.25, 0.3) is 10.9 Å². The molecule has 0 bridgehead atoms. The molecule has 14 nitrogen and oxygen atoms in total. The summed E-state index contributed by atoms with van der Waals surface area (Å²) in [5.74, 6) is 5.75. The first-order chi connectivity index (χ1) is 26.3. The first-order valence-electron chi connectivity index (χ1n) is 18.1. The van der Waals surface area contributed by atoms with Crippen molar-refractivity contribution in [3.8, 4) is 23.7 Å². The molecule has 1 saturated carbocycles. The van der Waals surface area contributed by atoms with Gasteiger partial charge in [0.1, 0.15) is 35.2 Å². The number of amides is 3. The number of nitrogens with zero attached hydrogens (tertiary/aromatic N) is 7. The second-order valence-electron chi connectivity index (χ2n) is 15.3. The van der Waals surface area contributed by atoms with Gasteiger partial charge in [-0.15, -0.1) is 5.10 Å². The van der Waals surface area contributed by atoms with Crippen molar-refractivity contribution in [1.29, 1.82) is 5.26 Å². The van der Waals surface area contributed by atoms with Crippen LogP contribution in [0.3, 0.4) is 0 Å². The van der Waals surface area contributed by atoms with Crippen LogP contribution >= 0.6 is 11.6 Å². The maximum absolute atomic E-state index is 13.3. The van der Waals surface area contributed by atoms with E-state index in [1.54, 1.807) is 42.6 Å². The van der Waals surface area contributed by atoms with Gasteiger partial charge in [-0.1, -0.05) is 50.4 Å². The Labute approximate surface area is 322 Å². The van der Waals surface area contributed by atoms with Gasteiger partial charge in [0.15, 0.2) is 0 Å². The number of hydrogen-bond acceptors (Lipinski definition) is 11. The number of aromatic nitrogens is 4. The van der Waals surface area contributed by atoms with Gasteiger partial charge in [-0.3, -0.25) is 29.4 Å². The first-order valence-corrected chi connectivity index (χ1v) is 18.5. The number of benzene rings is 2. The molecule has 1 atom stereocenters. The number of halogens is 1. The van der Waals surface area contributed by atoms with Crippen LogP contribution in [0, 0.1) is 34.0 Å². The van der Waals surface area contributed by atoms with E-state index >= 15 is 0 Å². The van der Waals surface area contributed by atoms with E-state index in [4.69, 9.17) is 16.3 Å². The third-order valence-corrected chi connectivity index (χ3v) is 11.2. The number of nitriles is 1. The van der Waals surface area contributed by atoms with Gasteiger partial charge in [0, 0.05) is 67.4 Å². The summed E-state index contributed by atoms with van der Waals surface area (Å²) < 4.78 is 7.40. The lowest BCUT2D eigenvalue weighted by Crippen LogP contribution is -2.74. The van der Waals surface area contributed by atoms with Crippen molar-refractivity contribution in [1.82, 2.24) is 35.5 Å². The number of ether oxygens (including phenoxy) is 1. The highest BCUT2D eigenvalue weighted by Gasteiger charge is 2.64. The molecule has 2 aromatic heterocycles. The van der Waals surface area contributed by atoms with Gasteiger partial charge in [0.25, 0.3) is 17.4 Å². The van der Waals surface area contributed by atoms with E-state index in [1.807, 2.05) is 12.1 Å². The number of anilines is 1. The molecule has 0 spiro atoms.